The lowest BCUT2D eigenvalue weighted by atomic mass is 10.2. The fourth-order valence-electron chi connectivity index (χ4n) is 1.44. The molecule has 1 amide bonds. The van der Waals surface area contributed by atoms with Crippen molar-refractivity contribution < 1.29 is 9.53 Å². The van der Waals surface area contributed by atoms with Gasteiger partial charge in [0.2, 0.25) is 5.91 Å². The van der Waals surface area contributed by atoms with Gasteiger partial charge < -0.3 is 15.8 Å². The molecule has 1 rings (SSSR count). The molecule has 4 nitrogen and oxygen atoms in total. The van der Waals surface area contributed by atoms with E-state index < -0.39 is 0 Å². The second kappa shape index (κ2) is 10.4. The topological polar surface area (TPSA) is 64.3 Å². The summed E-state index contributed by atoms with van der Waals surface area (Å²) in [5, 5.41) is 2.83. The molecule has 0 aliphatic rings. The largest absolute Gasteiger partial charge is 0.492 e. The highest BCUT2D eigenvalue weighted by molar-refractivity contribution is 5.90. The number of benzene rings is 1. The third-order valence-electron chi connectivity index (χ3n) is 2.34. The number of nitrogens with one attached hydrogen (secondary N) is 1. The van der Waals surface area contributed by atoms with Gasteiger partial charge >= 0.3 is 0 Å². The number of ether oxygens (including phenoxy) is 1. The van der Waals surface area contributed by atoms with E-state index in [4.69, 9.17) is 10.5 Å². The van der Waals surface area contributed by atoms with E-state index in [1.54, 1.807) is 0 Å². The van der Waals surface area contributed by atoms with Gasteiger partial charge in [-0.2, -0.15) is 0 Å². The van der Waals surface area contributed by atoms with E-state index in [0.717, 1.165) is 24.3 Å². The van der Waals surface area contributed by atoms with E-state index in [1.165, 1.54) is 0 Å². The summed E-state index contributed by atoms with van der Waals surface area (Å²) in [6.45, 7) is 4.60. The molecule has 0 aromatic heterocycles. The summed E-state index contributed by atoms with van der Waals surface area (Å²) < 4.78 is 5.35. The van der Waals surface area contributed by atoms with Gasteiger partial charge in [-0.1, -0.05) is 6.08 Å². The fraction of sp³-hybridized carbons (Fsp3) is 0.357. The first-order valence-corrected chi connectivity index (χ1v) is 6.10. The molecule has 3 N–H and O–H groups in total. The third kappa shape index (κ3) is 7.49. The molecule has 0 bridgehead atoms. The van der Waals surface area contributed by atoms with E-state index in [-0.39, 0.29) is 18.3 Å². The molecule has 0 unspecified atom stereocenters. The smallest absolute Gasteiger partial charge is 0.224 e. The van der Waals surface area contributed by atoms with Crippen LogP contribution in [0.2, 0.25) is 0 Å². The van der Waals surface area contributed by atoms with Crippen molar-refractivity contribution in [3.8, 4) is 5.75 Å². The number of carbonyl (C=O) groups is 1. The average molecular weight is 285 g/mol. The fourth-order valence-corrected chi connectivity index (χ4v) is 1.44. The average Bonchev–Trinajstić information content (AvgIpc) is 2.38. The van der Waals surface area contributed by atoms with Crippen LogP contribution in [0, 0.1) is 0 Å². The summed E-state index contributed by atoms with van der Waals surface area (Å²) in [5.41, 5.74) is 6.12. The Morgan fingerprint density at radius 3 is 2.63 bits per heavy atom. The maximum absolute atomic E-state index is 11.6. The van der Waals surface area contributed by atoms with Crippen molar-refractivity contribution in [3.05, 3.63) is 36.9 Å². The van der Waals surface area contributed by atoms with Crippen molar-refractivity contribution in [1.82, 2.24) is 0 Å². The number of allylic oxidation sites excluding steroid dienone is 1. The van der Waals surface area contributed by atoms with Gasteiger partial charge in [-0.15, -0.1) is 19.0 Å². The summed E-state index contributed by atoms with van der Waals surface area (Å²) >= 11 is 0. The zero-order valence-corrected chi connectivity index (χ0v) is 11.7. The van der Waals surface area contributed by atoms with Crippen molar-refractivity contribution in [2.75, 3.05) is 18.5 Å². The van der Waals surface area contributed by atoms with Crippen LogP contribution < -0.4 is 15.8 Å². The first-order valence-electron chi connectivity index (χ1n) is 6.10. The Labute approximate surface area is 120 Å². The minimum absolute atomic E-state index is 0. The number of rotatable bonds is 8. The molecule has 0 radical (unpaired) electrons. The summed E-state index contributed by atoms with van der Waals surface area (Å²) in [6.07, 6.45) is 4.01. The molecule has 0 fully saturated rings. The van der Waals surface area contributed by atoms with E-state index in [0.29, 0.717) is 19.6 Å². The molecule has 0 saturated heterocycles. The second-order valence-corrected chi connectivity index (χ2v) is 3.89. The number of halogens is 1. The number of anilines is 1. The van der Waals surface area contributed by atoms with E-state index in [9.17, 15) is 4.79 Å². The van der Waals surface area contributed by atoms with Gasteiger partial charge in [-0.05, 0) is 37.1 Å². The number of amides is 1. The van der Waals surface area contributed by atoms with Crippen LogP contribution >= 0.6 is 12.4 Å². The third-order valence-corrected chi connectivity index (χ3v) is 2.34. The van der Waals surface area contributed by atoms with Crippen molar-refractivity contribution in [3.63, 3.8) is 0 Å². The predicted octanol–water partition coefficient (Wildman–Crippen LogP) is 2.74. The van der Waals surface area contributed by atoms with Gasteiger partial charge in [0.1, 0.15) is 12.4 Å². The highest BCUT2D eigenvalue weighted by Gasteiger charge is 2.01. The number of unbranched alkanes of at least 4 members (excludes halogenated alkanes) is 1. The van der Waals surface area contributed by atoms with Gasteiger partial charge in [-0.25, -0.2) is 0 Å². The van der Waals surface area contributed by atoms with Crippen molar-refractivity contribution in [1.29, 1.82) is 0 Å². The molecule has 0 aliphatic heterocycles. The molecular weight excluding hydrogens is 264 g/mol. The Kier molecular flexibility index (Phi) is 9.57. The molecule has 0 heterocycles. The molecule has 1 aromatic rings. The normalized spacial score (nSPS) is 9.32. The van der Waals surface area contributed by atoms with Crippen LogP contribution in [0.4, 0.5) is 5.69 Å². The number of hydrogen-bond acceptors (Lipinski definition) is 3. The first kappa shape index (κ1) is 17.5. The summed E-state index contributed by atoms with van der Waals surface area (Å²) in [7, 11) is 0. The number of carbonyl (C=O) groups excluding carboxylic acids is 1. The van der Waals surface area contributed by atoms with Crippen LogP contribution in [0.5, 0.6) is 5.75 Å². The lowest BCUT2D eigenvalue weighted by Gasteiger charge is -2.07. The highest BCUT2D eigenvalue weighted by atomic mass is 35.5. The predicted molar refractivity (Wildman–Crippen MR) is 80.9 cm³/mol. The summed E-state index contributed by atoms with van der Waals surface area (Å²) in [6, 6.07) is 7.26. The van der Waals surface area contributed by atoms with Crippen molar-refractivity contribution in [2.45, 2.75) is 19.3 Å². The standard InChI is InChI=1S/C14H20N2O2.ClH/c1-2-3-4-5-14(17)16-12-6-8-13(9-7-12)18-11-10-15;/h2,6-9H,1,3-5,10-11,15H2,(H,16,17);1H. The molecule has 0 spiro atoms. The van der Waals surface area contributed by atoms with Crippen LogP contribution in [0.1, 0.15) is 19.3 Å². The number of nitrogens with two attached hydrogens (primary N) is 1. The van der Waals surface area contributed by atoms with E-state index in [2.05, 4.69) is 11.9 Å². The molecule has 0 atom stereocenters. The van der Waals surface area contributed by atoms with E-state index in [1.807, 2.05) is 30.3 Å². The second-order valence-electron chi connectivity index (χ2n) is 3.89. The van der Waals surface area contributed by atoms with Gasteiger partial charge in [0.25, 0.3) is 0 Å². The Morgan fingerprint density at radius 2 is 2.05 bits per heavy atom. The monoisotopic (exact) mass is 284 g/mol. The maximum atomic E-state index is 11.6. The highest BCUT2D eigenvalue weighted by Crippen LogP contribution is 2.15. The Bertz CT molecular complexity index is 380. The minimum atomic E-state index is 0. The van der Waals surface area contributed by atoms with E-state index >= 15 is 0 Å². The van der Waals surface area contributed by atoms with Crippen molar-refractivity contribution in [2.24, 2.45) is 5.73 Å². The van der Waals surface area contributed by atoms with Crippen molar-refractivity contribution >= 4 is 24.0 Å². The lowest BCUT2D eigenvalue weighted by molar-refractivity contribution is -0.116. The van der Waals surface area contributed by atoms with Crippen LogP contribution in [0.25, 0.3) is 0 Å². The molecule has 106 valence electrons. The molecule has 1 aromatic carbocycles. The van der Waals surface area contributed by atoms with Crippen LogP contribution in [-0.4, -0.2) is 19.1 Å². The molecule has 0 saturated carbocycles. The van der Waals surface area contributed by atoms with Gasteiger partial charge in [0, 0.05) is 18.7 Å². The van der Waals surface area contributed by atoms with Crippen LogP contribution in [-0.2, 0) is 4.79 Å². The minimum Gasteiger partial charge on any atom is -0.492 e. The lowest BCUT2D eigenvalue weighted by Crippen LogP contribution is -2.11. The Balaban J connectivity index is 0.00000324. The molecular formula is C14H21ClN2O2. The van der Waals surface area contributed by atoms with Gasteiger partial charge in [0.15, 0.2) is 0 Å². The molecule has 0 aliphatic carbocycles. The van der Waals surface area contributed by atoms with Gasteiger partial charge in [0.05, 0.1) is 0 Å². The number of hydrogen-bond donors (Lipinski definition) is 2. The zero-order valence-electron chi connectivity index (χ0n) is 10.9. The van der Waals surface area contributed by atoms with Crippen LogP contribution in [0.15, 0.2) is 36.9 Å². The van der Waals surface area contributed by atoms with Gasteiger partial charge in [-0.3, -0.25) is 4.79 Å². The Hall–Kier alpha value is -1.52. The first-order chi connectivity index (χ1) is 8.76. The summed E-state index contributed by atoms with van der Waals surface area (Å²) in [5.74, 6) is 0.776. The molecule has 19 heavy (non-hydrogen) atoms. The quantitative estimate of drug-likeness (QED) is 0.570. The maximum Gasteiger partial charge on any atom is 0.224 e. The SMILES string of the molecule is C=CCCCC(=O)Nc1ccc(OCCN)cc1.Cl. The Morgan fingerprint density at radius 1 is 1.37 bits per heavy atom. The van der Waals surface area contributed by atoms with Crippen LogP contribution in [0.3, 0.4) is 0 Å². The summed E-state index contributed by atoms with van der Waals surface area (Å²) in [4.78, 5) is 11.6. The molecule has 5 heteroatoms. The zero-order chi connectivity index (χ0) is 13.2.